The maximum absolute atomic E-state index is 12.4. The Bertz CT molecular complexity index is 957. The van der Waals surface area contributed by atoms with Gasteiger partial charge >= 0.3 is 0 Å². The molecule has 0 saturated heterocycles. The van der Waals surface area contributed by atoms with Crippen LogP contribution >= 0.6 is 0 Å². The third-order valence-electron chi connectivity index (χ3n) is 3.46. The second kappa shape index (κ2) is 6.96. The van der Waals surface area contributed by atoms with Gasteiger partial charge in [-0.3, -0.25) is 14.4 Å². The lowest BCUT2D eigenvalue weighted by atomic mass is 10.1. The number of aromatic nitrogens is 2. The Kier molecular flexibility index (Phi) is 4.56. The summed E-state index contributed by atoms with van der Waals surface area (Å²) in [5, 5.41) is 6.79. The predicted molar refractivity (Wildman–Crippen MR) is 91.3 cm³/mol. The number of nitrogens with one attached hydrogen (secondary N) is 1. The number of nitrogens with zero attached hydrogens (tertiary/aromatic N) is 2. The Labute approximate surface area is 142 Å². The molecule has 0 spiro atoms. The quantitative estimate of drug-likeness (QED) is 0.721. The highest BCUT2D eigenvalue weighted by Crippen LogP contribution is 2.15. The molecule has 7 heteroatoms. The van der Waals surface area contributed by atoms with Crippen LogP contribution in [-0.4, -0.2) is 21.5 Å². The average Bonchev–Trinajstić information content (AvgIpc) is 3.11. The first-order chi connectivity index (χ1) is 12.0. The van der Waals surface area contributed by atoms with Gasteiger partial charge in [0.15, 0.2) is 11.5 Å². The van der Waals surface area contributed by atoms with Gasteiger partial charge in [0.1, 0.15) is 12.2 Å². The number of anilines is 1. The summed E-state index contributed by atoms with van der Waals surface area (Å²) < 4.78 is 6.35. The lowest BCUT2D eigenvalue weighted by Crippen LogP contribution is -2.26. The van der Waals surface area contributed by atoms with Gasteiger partial charge < -0.3 is 9.73 Å². The molecule has 3 rings (SSSR count). The minimum absolute atomic E-state index is 0.188. The van der Waals surface area contributed by atoms with Crippen LogP contribution in [-0.2, 0) is 11.3 Å². The molecule has 126 valence electrons. The van der Waals surface area contributed by atoms with Crippen LogP contribution in [0.4, 0.5) is 5.69 Å². The normalized spacial score (nSPS) is 10.4. The molecule has 0 atom stereocenters. The van der Waals surface area contributed by atoms with Crippen LogP contribution < -0.4 is 10.9 Å². The minimum atomic E-state index is -0.376. The van der Waals surface area contributed by atoms with Crippen LogP contribution in [0.25, 0.3) is 11.5 Å². The van der Waals surface area contributed by atoms with E-state index in [1.165, 1.54) is 19.3 Å². The van der Waals surface area contributed by atoms with Gasteiger partial charge in [-0.05, 0) is 42.5 Å². The molecule has 2 heterocycles. The number of furan rings is 1. The van der Waals surface area contributed by atoms with E-state index in [-0.39, 0.29) is 23.8 Å². The highest BCUT2D eigenvalue weighted by Gasteiger charge is 2.11. The monoisotopic (exact) mass is 337 g/mol. The number of amides is 1. The number of rotatable bonds is 5. The van der Waals surface area contributed by atoms with E-state index >= 15 is 0 Å². The lowest BCUT2D eigenvalue weighted by molar-refractivity contribution is -0.114. The fourth-order valence-corrected chi connectivity index (χ4v) is 2.29. The largest absolute Gasteiger partial charge is 0.463 e. The zero-order chi connectivity index (χ0) is 17.8. The predicted octanol–water partition coefficient (Wildman–Crippen LogP) is 2.34. The molecule has 0 fully saturated rings. The molecule has 0 aliphatic rings. The van der Waals surface area contributed by atoms with Gasteiger partial charge in [-0.2, -0.15) is 5.10 Å². The summed E-state index contributed by atoms with van der Waals surface area (Å²) in [6.07, 6.45) is 1.51. The van der Waals surface area contributed by atoms with Crippen LogP contribution in [0.15, 0.2) is 64.0 Å². The molecule has 0 aliphatic carbocycles. The van der Waals surface area contributed by atoms with Crippen molar-refractivity contribution in [3.05, 3.63) is 70.7 Å². The second-order valence-electron chi connectivity index (χ2n) is 5.37. The number of Topliss-reactive ketones (excluding diaryl/α,β-unsaturated/α-hetero) is 1. The molecule has 1 N–H and O–H groups in total. The van der Waals surface area contributed by atoms with Crippen LogP contribution in [0.2, 0.25) is 0 Å². The third kappa shape index (κ3) is 3.89. The fraction of sp³-hybridized carbons (Fsp3) is 0.111. The Morgan fingerprint density at radius 3 is 2.52 bits per heavy atom. The Balaban J connectivity index is 1.80. The average molecular weight is 337 g/mol. The molecule has 7 nitrogen and oxygen atoms in total. The van der Waals surface area contributed by atoms with Gasteiger partial charge in [0.25, 0.3) is 5.56 Å². The van der Waals surface area contributed by atoms with Crippen LogP contribution in [0.1, 0.15) is 17.3 Å². The number of carbonyl (C=O) groups is 2. The molecule has 0 bridgehead atoms. The van der Waals surface area contributed by atoms with Crippen molar-refractivity contribution in [1.82, 2.24) is 9.78 Å². The fourth-order valence-electron chi connectivity index (χ4n) is 2.29. The zero-order valence-corrected chi connectivity index (χ0v) is 13.4. The van der Waals surface area contributed by atoms with Crippen molar-refractivity contribution >= 4 is 17.4 Å². The maximum Gasteiger partial charge on any atom is 0.267 e. The van der Waals surface area contributed by atoms with Crippen LogP contribution in [0.3, 0.4) is 0 Å². The highest BCUT2D eigenvalue weighted by atomic mass is 16.3. The Morgan fingerprint density at radius 1 is 1.12 bits per heavy atom. The number of hydrogen-bond donors (Lipinski definition) is 1. The first-order valence-corrected chi connectivity index (χ1v) is 7.56. The summed E-state index contributed by atoms with van der Waals surface area (Å²) in [6, 6.07) is 12.8. The maximum atomic E-state index is 12.4. The van der Waals surface area contributed by atoms with E-state index in [0.29, 0.717) is 22.7 Å². The molecule has 25 heavy (non-hydrogen) atoms. The van der Waals surface area contributed by atoms with Crippen molar-refractivity contribution in [3.8, 4) is 11.5 Å². The number of carbonyl (C=O) groups excluding carboxylic acids is 2. The number of benzene rings is 1. The molecule has 0 unspecified atom stereocenters. The van der Waals surface area contributed by atoms with Crippen LogP contribution in [0.5, 0.6) is 0 Å². The van der Waals surface area contributed by atoms with Gasteiger partial charge in [0.2, 0.25) is 5.91 Å². The van der Waals surface area contributed by atoms with Gasteiger partial charge in [-0.1, -0.05) is 0 Å². The first-order valence-electron chi connectivity index (χ1n) is 7.56. The van der Waals surface area contributed by atoms with Crippen molar-refractivity contribution in [2.45, 2.75) is 13.5 Å². The molecular formula is C18H15N3O4. The molecular weight excluding hydrogens is 322 g/mol. The molecule has 0 radical (unpaired) electrons. The summed E-state index contributed by atoms with van der Waals surface area (Å²) in [7, 11) is 0. The summed E-state index contributed by atoms with van der Waals surface area (Å²) in [5.74, 6) is 0.0611. The summed E-state index contributed by atoms with van der Waals surface area (Å²) in [4.78, 5) is 35.3. The Hall–Kier alpha value is -3.48. The molecule has 1 amide bonds. The standard InChI is InChI=1S/C18H15N3O4/c1-12(22)19-14-6-4-13(5-7-14)16(23)11-21-18(24)9-8-15(20-21)17-3-2-10-25-17/h2-10H,11H2,1H3,(H,19,22). The van der Waals surface area contributed by atoms with Crippen LogP contribution in [0, 0.1) is 0 Å². The topological polar surface area (TPSA) is 94.2 Å². The summed E-state index contributed by atoms with van der Waals surface area (Å²) in [6.45, 7) is 1.22. The molecule has 0 saturated carbocycles. The minimum Gasteiger partial charge on any atom is -0.463 e. The van der Waals surface area contributed by atoms with E-state index in [2.05, 4.69) is 10.4 Å². The van der Waals surface area contributed by atoms with E-state index in [0.717, 1.165) is 4.68 Å². The van der Waals surface area contributed by atoms with Crippen molar-refractivity contribution in [1.29, 1.82) is 0 Å². The van der Waals surface area contributed by atoms with E-state index in [9.17, 15) is 14.4 Å². The summed E-state index contributed by atoms with van der Waals surface area (Å²) >= 11 is 0. The van der Waals surface area contributed by atoms with Crippen molar-refractivity contribution in [2.24, 2.45) is 0 Å². The van der Waals surface area contributed by atoms with Crippen molar-refractivity contribution < 1.29 is 14.0 Å². The van der Waals surface area contributed by atoms with Gasteiger partial charge in [0, 0.05) is 24.2 Å². The zero-order valence-electron chi connectivity index (χ0n) is 13.4. The van der Waals surface area contributed by atoms with E-state index < -0.39 is 0 Å². The van der Waals surface area contributed by atoms with E-state index in [1.807, 2.05) is 0 Å². The first kappa shape index (κ1) is 16.4. The Morgan fingerprint density at radius 2 is 1.88 bits per heavy atom. The third-order valence-corrected chi connectivity index (χ3v) is 3.46. The van der Waals surface area contributed by atoms with Gasteiger partial charge in [-0.25, -0.2) is 4.68 Å². The van der Waals surface area contributed by atoms with E-state index in [4.69, 9.17) is 4.42 Å². The van der Waals surface area contributed by atoms with Gasteiger partial charge in [-0.15, -0.1) is 0 Å². The lowest BCUT2D eigenvalue weighted by Gasteiger charge is -2.07. The SMILES string of the molecule is CC(=O)Nc1ccc(C(=O)Cn2nc(-c3ccco3)ccc2=O)cc1. The number of ketones is 1. The highest BCUT2D eigenvalue weighted by molar-refractivity contribution is 5.96. The second-order valence-corrected chi connectivity index (χ2v) is 5.37. The summed E-state index contributed by atoms with van der Waals surface area (Å²) in [5.41, 5.74) is 1.11. The van der Waals surface area contributed by atoms with E-state index in [1.54, 1.807) is 42.5 Å². The number of hydrogen-bond acceptors (Lipinski definition) is 5. The molecule has 3 aromatic rings. The smallest absolute Gasteiger partial charge is 0.267 e. The van der Waals surface area contributed by atoms with Gasteiger partial charge in [0.05, 0.1) is 6.26 Å². The van der Waals surface area contributed by atoms with Crippen molar-refractivity contribution in [3.63, 3.8) is 0 Å². The van der Waals surface area contributed by atoms with Crippen molar-refractivity contribution in [2.75, 3.05) is 5.32 Å². The molecule has 2 aromatic heterocycles. The molecule has 1 aromatic carbocycles. The molecule has 0 aliphatic heterocycles.